The number of nitrogens with two attached hydrogens (primary N) is 1. The van der Waals surface area contributed by atoms with Crippen LogP contribution in [0.4, 0.5) is 19.0 Å². The van der Waals surface area contributed by atoms with Crippen LogP contribution in [0.1, 0.15) is 21.6 Å². The molecule has 1 fully saturated rings. The summed E-state index contributed by atoms with van der Waals surface area (Å²) in [5.41, 5.74) is 6.15. The first-order chi connectivity index (χ1) is 15.2. The van der Waals surface area contributed by atoms with Gasteiger partial charge in [-0.2, -0.15) is 13.2 Å². The molecule has 0 aliphatic carbocycles. The summed E-state index contributed by atoms with van der Waals surface area (Å²) in [6, 6.07) is 12.4. The van der Waals surface area contributed by atoms with Crippen LogP contribution in [0.15, 0.2) is 54.7 Å². The number of carbonyl (C=O) groups excluding carboxylic acids is 1. The van der Waals surface area contributed by atoms with E-state index in [0.717, 1.165) is 11.6 Å². The average molecular weight is 444 g/mol. The monoisotopic (exact) mass is 444 g/mol. The summed E-state index contributed by atoms with van der Waals surface area (Å²) in [6.45, 7) is 0.567. The third-order valence-electron chi connectivity index (χ3n) is 5.22. The molecule has 1 saturated heterocycles. The number of aromatic nitrogens is 2. The van der Waals surface area contributed by atoms with Crippen molar-refractivity contribution >= 4 is 11.7 Å². The van der Waals surface area contributed by atoms with Gasteiger partial charge in [0.25, 0.3) is 5.91 Å². The minimum Gasteiger partial charge on any atom is -0.481 e. The fourth-order valence-electron chi connectivity index (χ4n) is 3.39. The van der Waals surface area contributed by atoms with Crippen LogP contribution in [0.25, 0.3) is 11.1 Å². The Morgan fingerprint density at radius 2 is 1.84 bits per heavy atom. The van der Waals surface area contributed by atoms with Crippen LogP contribution in [-0.4, -0.2) is 36.2 Å². The number of hydrogen-bond donors (Lipinski definition) is 2. The summed E-state index contributed by atoms with van der Waals surface area (Å²) in [6.07, 6.45) is -3.14. The summed E-state index contributed by atoms with van der Waals surface area (Å²) in [5, 5.41) is 2.99. The van der Waals surface area contributed by atoms with E-state index in [1.807, 2.05) is 0 Å². The number of hydrogen-bond acceptors (Lipinski definition) is 6. The van der Waals surface area contributed by atoms with Gasteiger partial charge in [-0.3, -0.25) is 4.79 Å². The molecule has 0 radical (unpaired) electrons. The van der Waals surface area contributed by atoms with Crippen LogP contribution in [0, 0.1) is 0 Å². The summed E-state index contributed by atoms with van der Waals surface area (Å²) in [5.74, 6) is -0.130. The molecule has 0 bridgehead atoms. The SMILES string of the molecule is COc1ccc(C(=O)NC2(c3ccc(-c4ccc(C(F)(F)F)nc4N)cc3)COC2)cn1. The highest BCUT2D eigenvalue weighted by molar-refractivity contribution is 5.94. The number of nitrogens with one attached hydrogen (secondary N) is 1. The van der Waals surface area contributed by atoms with Gasteiger partial charge in [-0.25, -0.2) is 9.97 Å². The summed E-state index contributed by atoms with van der Waals surface area (Å²) in [7, 11) is 1.49. The molecule has 166 valence electrons. The van der Waals surface area contributed by atoms with Crippen LogP contribution in [-0.2, 0) is 16.5 Å². The van der Waals surface area contributed by atoms with Gasteiger partial charge >= 0.3 is 6.18 Å². The first kappa shape index (κ1) is 21.6. The van der Waals surface area contributed by atoms with Gasteiger partial charge in [0, 0.05) is 17.8 Å². The molecule has 3 heterocycles. The van der Waals surface area contributed by atoms with E-state index in [0.29, 0.717) is 22.6 Å². The molecule has 1 aromatic carbocycles. The second-order valence-electron chi connectivity index (χ2n) is 7.32. The molecule has 2 aromatic heterocycles. The lowest BCUT2D eigenvalue weighted by atomic mass is 9.86. The number of alkyl halides is 3. The summed E-state index contributed by atoms with van der Waals surface area (Å²) in [4.78, 5) is 20.2. The Morgan fingerprint density at radius 1 is 1.12 bits per heavy atom. The zero-order valence-corrected chi connectivity index (χ0v) is 16.9. The fourth-order valence-corrected chi connectivity index (χ4v) is 3.39. The van der Waals surface area contributed by atoms with Crippen LogP contribution in [0.5, 0.6) is 5.88 Å². The molecule has 10 heteroatoms. The van der Waals surface area contributed by atoms with Crippen molar-refractivity contribution in [3.63, 3.8) is 0 Å². The third kappa shape index (κ3) is 4.09. The van der Waals surface area contributed by atoms with Crippen LogP contribution in [0.3, 0.4) is 0 Å². The van der Waals surface area contributed by atoms with E-state index >= 15 is 0 Å². The lowest BCUT2D eigenvalue weighted by molar-refractivity contribution is -0.141. The normalized spacial score (nSPS) is 15.0. The maximum atomic E-state index is 12.8. The molecule has 32 heavy (non-hydrogen) atoms. The Labute approximate surface area is 181 Å². The fraction of sp³-hybridized carbons (Fsp3) is 0.227. The van der Waals surface area contributed by atoms with Crippen molar-refractivity contribution in [3.05, 3.63) is 71.5 Å². The number of halogens is 3. The van der Waals surface area contributed by atoms with Crippen LogP contribution in [0.2, 0.25) is 0 Å². The second-order valence-corrected chi connectivity index (χ2v) is 7.32. The van der Waals surface area contributed by atoms with E-state index in [9.17, 15) is 18.0 Å². The average Bonchev–Trinajstić information content (AvgIpc) is 2.76. The number of pyridine rings is 2. The van der Waals surface area contributed by atoms with Gasteiger partial charge in [0.15, 0.2) is 0 Å². The highest BCUT2D eigenvalue weighted by Crippen LogP contribution is 2.34. The lowest BCUT2D eigenvalue weighted by Gasteiger charge is -2.42. The van der Waals surface area contributed by atoms with Gasteiger partial charge in [0.2, 0.25) is 5.88 Å². The Hall–Kier alpha value is -3.66. The topological polar surface area (TPSA) is 99.4 Å². The van der Waals surface area contributed by atoms with Gasteiger partial charge in [0.1, 0.15) is 17.1 Å². The highest BCUT2D eigenvalue weighted by atomic mass is 19.4. The number of carbonyl (C=O) groups is 1. The molecule has 1 aliphatic heterocycles. The number of rotatable bonds is 5. The van der Waals surface area contributed by atoms with Crippen molar-refractivity contribution < 1.29 is 27.4 Å². The molecule has 0 unspecified atom stereocenters. The highest BCUT2D eigenvalue weighted by Gasteiger charge is 2.42. The van der Waals surface area contributed by atoms with E-state index in [2.05, 4.69) is 15.3 Å². The number of nitrogens with zero attached hydrogens (tertiary/aromatic N) is 2. The first-order valence-corrected chi connectivity index (χ1v) is 9.57. The minimum atomic E-state index is -4.56. The molecule has 4 rings (SSSR count). The first-order valence-electron chi connectivity index (χ1n) is 9.57. The van der Waals surface area contributed by atoms with E-state index in [1.165, 1.54) is 19.4 Å². The van der Waals surface area contributed by atoms with Gasteiger partial charge in [-0.1, -0.05) is 24.3 Å². The van der Waals surface area contributed by atoms with Crippen LogP contribution < -0.4 is 15.8 Å². The second kappa shape index (κ2) is 8.12. The molecule has 3 N–H and O–H groups in total. The van der Waals surface area contributed by atoms with Gasteiger partial charge in [0.05, 0.1) is 25.9 Å². The molecule has 3 aromatic rings. The number of methoxy groups -OCH3 is 1. The molecule has 0 spiro atoms. The maximum Gasteiger partial charge on any atom is 0.433 e. The molecule has 0 atom stereocenters. The number of amides is 1. The molecule has 1 aliphatic rings. The summed E-state index contributed by atoms with van der Waals surface area (Å²) >= 11 is 0. The van der Waals surface area contributed by atoms with Crippen LogP contribution >= 0.6 is 0 Å². The maximum absolute atomic E-state index is 12.8. The van der Waals surface area contributed by atoms with Crippen molar-refractivity contribution in [3.8, 4) is 17.0 Å². The van der Waals surface area contributed by atoms with E-state index in [4.69, 9.17) is 15.2 Å². The minimum absolute atomic E-state index is 0.213. The van der Waals surface area contributed by atoms with Gasteiger partial charge in [-0.05, 0) is 29.3 Å². The van der Waals surface area contributed by atoms with Crippen molar-refractivity contribution in [1.82, 2.24) is 15.3 Å². The molecular weight excluding hydrogens is 425 g/mol. The van der Waals surface area contributed by atoms with Crippen molar-refractivity contribution in [1.29, 1.82) is 0 Å². The summed E-state index contributed by atoms with van der Waals surface area (Å²) < 4.78 is 48.8. The largest absolute Gasteiger partial charge is 0.481 e. The van der Waals surface area contributed by atoms with E-state index in [-0.39, 0.29) is 24.9 Å². The number of benzene rings is 1. The standard InChI is InChI=1S/C22H19F3N4O3/c1-31-18-9-4-14(10-27-18)20(30)29-21(11-32-12-21)15-5-2-13(3-6-15)16-7-8-17(22(23,24)25)28-19(16)26/h2-10H,11-12H2,1H3,(H2,26,28)(H,29,30). The Bertz CT molecular complexity index is 1130. The third-order valence-corrected chi connectivity index (χ3v) is 5.22. The predicted octanol–water partition coefficient (Wildman–Crippen LogP) is 3.41. The smallest absolute Gasteiger partial charge is 0.433 e. The van der Waals surface area contributed by atoms with E-state index < -0.39 is 17.4 Å². The molecule has 7 nitrogen and oxygen atoms in total. The zero-order valence-electron chi connectivity index (χ0n) is 16.9. The van der Waals surface area contributed by atoms with Gasteiger partial charge < -0.3 is 20.5 Å². The Kier molecular flexibility index (Phi) is 5.47. The molecule has 1 amide bonds. The molecule has 0 saturated carbocycles. The molecular formula is C22H19F3N4O3. The zero-order chi connectivity index (χ0) is 22.9. The Morgan fingerprint density at radius 3 is 2.34 bits per heavy atom. The number of ether oxygens (including phenoxy) is 2. The van der Waals surface area contributed by atoms with Crippen molar-refractivity contribution in [2.24, 2.45) is 0 Å². The lowest BCUT2D eigenvalue weighted by Crippen LogP contribution is -2.59. The predicted molar refractivity (Wildman–Crippen MR) is 110 cm³/mol. The van der Waals surface area contributed by atoms with E-state index in [1.54, 1.807) is 36.4 Å². The number of nitrogen functional groups attached to an aromatic ring is 1. The quantitative estimate of drug-likeness (QED) is 0.626. The van der Waals surface area contributed by atoms with Crippen molar-refractivity contribution in [2.75, 3.05) is 26.1 Å². The Balaban J connectivity index is 1.55. The van der Waals surface area contributed by atoms with Crippen molar-refractivity contribution in [2.45, 2.75) is 11.7 Å². The number of anilines is 1. The van der Waals surface area contributed by atoms with Gasteiger partial charge in [-0.15, -0.1) is 0 Å².